The number of nitrogens with zero attached hydrogens (tertiary/aromatic N) is 2. The molecule has 1 N–H and O–H groups in total. The van der Waals surface area contributed by atoms with E-state index < -0.39 is 6.10 Å². The van der Waals surface area contributed by atoms with Gasteiger partial charge in [0.1, 0.15) is 11.5 Å². The molecule has 0 radical (unpaired) electrons. The van der Waals surface area contributed by atoms with Crippen molar-refractivity contribution in [2.45, 2.75) is 18.6 Å². The number of benzene rings is 1. The summed E-state index contributed by atoms with van der Waals surface area (Å²) in [7, 11) is 7.49. The van der Waals surface area contributed by atoms with Crippen LogP contribution in [0.4, 0.5) is 0 Å². The third-order valence-electron chi connectivity index (χ3n) is 4.27. The maximum atomic E-state index is 10.6. The minimum Gasteiger partial charge on any atom is -0.497 e. The molecule has 0 amide bonds. The van der Waals surface area contributed by atoms with Crippen LogP contribution < -0.4 is 9.47 Å². The van der Waals surface area contributed by atoms with Gasteiger partial charge in [0.15, 0.2) is 0 Å². The highest BCUT2D eigenvalue weighted by Crippen LogP contribution is 2.32. The van der Waals surface area contributed by atoms with E-state index in [2.05, 4.69) is 23.9 Å². The summed E-state index contributed by atoms with van der Waals surface area (Å²) in [6, 6.07) is 5.88. The van der Waals surface area contributed by atoms with Crippen molar-refractivity contribution in [1.29, 1.82) is 0 Å². The first kappa shape index (κ1) is 16.1. The van der Waals surface area contributed by atoms with Crippen molar-refractivity contribution in [1.82, 2.24) is 9.80 Å². The topological polar surface area (TPSA) is 45.2 Å². The molecule has 21 heavy (non-hydrogen) atoms. The molecule has 1 aromatic carbocycles. The van der Waals surface area contributed by atoms with E-state index in [4.69, 9.17) is 9.47 Å². The smallest absolute Gasteiger partial charge is 0.124 e. The van der Waals surface area contributed by atoms with E-state index >= 15 is 0 Å². The van der Waals surface area contributed by atoms with Crippen LogP contribution in [0.1, 0.15) is 18.1 Å². The molecule has 0 saturated carbocycles. The van der Waals surface area contributed by atoms with Crippen LogP contribution in [0.3, 0.4) is 0 Å². The standard InChI is InChI=1S/C16H26N2O3/c1-17-7-8-18(2)12(11-17)9-15(19)14-10-13(20-3)5-6-16(14)21-4/h5-6,10,12,15,19H,7-9,11H2,1-4H3. The molecular formula is C16H26N2O3. The Morgan fingerprint density at radius 2 is 2.00 bits per heavy atom. The van der Waals surface area contributed by atoms with Gasteiger partial charge in [-0.1, -0.05) is 0 Å². The molecule has 118 valence electrons. The summed E-state index contributed by atoms with van der Waals surface area (Å²) in [5.41, 5.74) is 0.790. The zero-order valence-electron chi connectivity index (χ0n) is 13.4. The Kier molecular flexibility index (Phi) is 5.45. The first-order valence-electron chi connectivity index (χ1n) is 7.34. The summed E-state index contributed by atoms with van der Waals surface area (Å²) in [6.07, 6.45) is 0.124. The number of likely N-dealkylation sites (N-methyl/N-ethyl adjacent to an activating group) is 2. The summed E-state index contributed by atoms with van der Waals surface area (Å²) < 4.78 is 10.6. The van der Waals surface area contributed by atoms with Crippen LogP contribution in [0.5, 0.6) is 11.5 Å². The number of rotatable bonds is 5. The number of ether oxygens (including phenoxy) is 2. The van der Waals surface area contributed by atoms with E-state index in [1.807, 2.05) is 18.2 Å². The van der Waals surface area contributed by atoms with E-state index in [9.17, 15) is 5.11 Å². The molecule has 1 aliphatic rings. The Labute approximate surface area is 127 Å². The van der Waals surface area contributed by atoms with Crippen LogP contribution in [0.15, 0.2) is 18.2 Å². The van der Waals surface area contributed by atoms with Crippen LogP contribution >= 0.6 is 0 Å². The summed E-state index contributed by atoms with van der Waals surface area (Å²) in [5, 5.41) is 10.6. The van der Waals surface area contributed by atoms with Gasteiger partial charge in [-0.2, -0.15) is 0 Å². The van der Waals surface area contributed by atoms with Gasteiger partial charge in [-0.3, -0.25) is 0 Å². The Balaban J connectivity index is 2.13. The second-order valence-electron chi connectivity index (χ2n) is 5.76. The maximum Gasteiger partial charge on any atom is 0.124 e. The number of methoxy groups -OCH3 is 2. The Morgan fingerprint density at radius 1 is 1.24 bits per heavy atom. The second kappa shape index (κ2) is 7.11. The van der Waals surface area contributed by atoms with Gasteiger partial charge >= 0.3 is 0 Å². The largest absolute Gasteiger partial charge is 0.497 e. The van der Waals surface area contributed by atoms with Gasteiger partial charge in [0.25, 0.3) is 0 Å². The Hall–Kier alpha value is -1.30. The van der Waals surface area contributed by atoms with E-state index in [1.165, 1.54) is 0 Å². The fourth-order valence-corrected chi connectivity index (χ4v) is 2.84. The van der Waals surface area contributed by atoms with Crippen molar-refractivity contribution >= 4 is 0 Å². The predicted octanol–water partition coefficient (Wildman–Crippen LogP) is 1.37. The Bertz CT molecular complexity index is 467. The first-order valence-corrected chi connectivity index (χ1v) is 7.34. The maximum absolute atomic E-state index is 10.6. The molecule has 1 aromatic rings. The average molecular weight is 294 g/mol. The van der Waals surface area contributed by atoms with Crippen molar-refractivity contribution in [3.05, 3.63) is 23.8 Å². The van der Waals surface area contributed by atoms with Crippen molar-refractivity contribution in [2.75, 3.05) is 47.9 Å². The molecule has 2 rings (SSSR count). The van der Waals surface area contributed by atoms with Gasteiger partial charge in [0, 0.05) is 31.2 Å². The molecule has 5 nitrogen and oxygen atoms in total. The second-order valence-corrected chi connectivity index (χ2v) is 5.76. The molecule has 0 aromatic heterocycles. The highest BCUT2D eigenvalue weighted by Gasteiger charge is 2.26. The molecule has 0 bridgehead atoms. The lowest BCUT2D eigenvalue weighted by molar-refractivity contribution is 0.0625. The Morgan fingerprint density at radius 3 is 2.67 bits per heavy atom. The average Bonchev–Trinajstić information content (AvgIpc) is 2.50. The quantitative estimate of drug-likeness (QED) is 0.889. The zero-order valence-corrected chi connectivity index (χ0v) is 13.4. The van der Waals surface area contributed by atoms with Crippen molar-refractivity contribution in [2.24, 2.45) is 0 Å². The van der Waals surface area contributed by atoms with Gasteiger partial charge < -0.3 is 24.4 Å². The molecule has 1 saturated heterocycles. The van der Waals surface area contributed by atoms with Crippen LogP contribution in [0.2, 0.25) is 0 Å². The fraction of sp³-hybridized carbons (Fsp3) is 0.625. The summed E-state index contributed by atoms with van der Waals surface area (Å²) in [6.45, 7) is 3.08. The first-order chi connectivity index (χ1) is 10.0. The summed E-state index contributed by atoms with van der Waals surface area (Å²) >= 11 is 0. The highest BCUT2D eigenvalue weighted by molar-refractivity contribution is 5.41. The van der Waals surface area contributed by atoms with E-state index in [1.54, 1.807) is 14.2 Å². The summed E-state index contributed by atoms with van der Waals surface area (Å²) in [5.74, 6) is 1.44. The van der Waals surface area contributed by atoms with Crippen LogP contribution in [-0.2, 0) is 0 Å². The van der Waals surface area contributed by atoms with Crippen molar-refractivity contribution < 1.29 is 14.6 Å². The number of piperazine rings is 1. The predicted molar refractivity (Wildman–Crippen MR) is 83.0 cm³/mol. The fourth-order valence-electron chi connectivity index (χ4n) is 2.84. The van der Waals surface area contributed by atoms with E-state index in [0.29, 0.717) is 18.2 Å². The lowest BCUT2D eigenvalue weighted by Gasteiger charge is -2.38. The van der Waals surface area contributed by atoms with Crippen LogP contribution in [0.25, 0.3) is 0 Å². The van der Waals surface area contributed by atoms with E-state index in [-0.39, 0.29) is 0 Å². The molecule has 2 atom stereocenters. The molecular weight excluding hydrogens is 268 g/mol. The molecule has 1 heterocycles. The number of aliphatic hydroxyl groups is 1. The molecule has 0 aliphatic carbocycles. The van der Waals surface area contributed by atoms with Crippen molar-refractivity contribution in [3.63, 3.8) is 0 Å². The lowest BCUT2D eigenvalue weighted by Crippen LogP contribution is -2.50. The molecule has 1 aliphatic heterocycles. The number of hydrogen-bond donors (Lipinski definition) is 1. The van der Waals surface area contributed by atoms with Gasteiger partial charge in [0.2, 0.25) is 0 Å². The van der Waals surface area contributed by atoms with Crippen LogP contribution in [-0.4, -0.2) is 68.9 Å². The van der Waals surface area contributed by atoms with Gasteiger partial charge in [-0.05, 0) is 38.7 Å². The molecule has 2 unspecified atom stereocenters. The minimum absolute atomic E-state index is 0.342. The zero-order chi connectivity index (χ0) is 15.4. The van der Waals surface area contributed by atoms with Gasteiger partial charge in [-0.15, -0.1) is 0 Å². The van der Waals surface area contributed by atoms with Gasteiger partial charge in [-0.25, -0.2) is 0 Å². The number of aliphatic hydroxyl groups excluding tert-OH is 1. The molecule has 0 spiro atoms. The molecule has 1 fully saturated rings. The van der Waals surface area contributed by atoms with E-state index in [0.717, 1.165) is 30.9 Å². The molecule has 5 heteroatoms. The SMILES string of the molecule is COc1ccc(OC)c(C(O)CC2CN(C)CCN2C)c1. The third-order valence-corrected chi connectivity index (χ3v) is 4.27. The minimum atomic E-state index is -0.561. The normalized spacial score (nSPS) is 22.0. The monoisotopic (exact) mass is 294 g/mol. The summed E-state index contributed by atoms with van der Waals surface area (Å²) in [4.78, 5) is 4.62. The van der Waals surface area contributed by atoms with Crippen LogP contribution in [0, 0.1) is 0 Å². The third kappa shape index (κ3) is 3.87. The highest BCUT2D eigenvalue weighted by atomic mass is 16.5. The van der Waals surface area contributed by atoms with Gasteiger partial charge in [0.05, 0.1) is 20.3 Å². The lowest BCUT2D eigenvalue weighted by atomic mass is 9.98. The number of hydrogen-bond acceptors (Lipinski definition) is 5. The van der Waals surface area contributed by atoms with Crippen molar-refractivity contribution in [3.8, 4) is 11.5 Å².